The van der Waals surface area contributed by atoms with Crippen molar-refractivity contribution in [1.82, 2.24) is 0 Å². The van der Waals surface area contributed by atoms with Gasteiger partial charge in [-0.25, -0.2) is 0 Å². The second kappa shape index (κ2) is 6.80. The largest absolute Gasteiger partial charge is 0.508 e. The highest BCUT2D eigenvalue weighted by Crippen LogP contribution is 2.37. The van der Waals surface area contributed by atoms with E-state index in [-0.39, 0.29) is 0 Å². The lowest BCUT2D eigenvalue weighted by Crippen LogP contribution is -2.12. The molecule has 0 bridgehead atoms. The Morgan fingerprint density at radius 1 is 0.800 bits per heavy atom. The zero-order valence-corrected chi connectivity index (χ0v) is 13.0. The molecule has 0 radical (unpaired) electrons. The van der Waals surface area contributed by atoms with Crippen LogP contribution in [0.5, 0.6) is 11.5 Å². The van der Waals surface area contributed by atoms with Crippen LogP contribution < -0.4 is 0 Å². The van der Waals surface area contributed by atoms with Crippen molar-refractivity contribution in [3.63, 3.8) is 0 Å². The smallest absolute Gasteiger partial charge is 0.115 e. The number of rotatable bonds is 5. The fourth-order valence-corrected chi connectivity index (χ4v) is 3.45. The van der Waals surface area contributed by atoms with Gasteiger partial charge < -0.3 is 10.2 Å². The van der Waals surface area contributed by atoms with Crippen LogP contribution in [0.15, 0.2) is 48.5 Å². The Labute approximate surface area is 128 Å². The van der Waals surface area contributed by atoms with E-state index in [0.717, 1.165) is 11.8 Å². The molecule has 0 saturated carbocycles. The van der Waals surface area contributed by atoms with Crippen molar-refractivity contribution in [2.24, 2.45) is 0 Å². The summed E-state index contributed by atoms with van der Waals surface area (Å²) in [6, 6.07) is 14.9. The van der Waals surface area contributed by atoms with Crippen molar-refractivity contribution < 1.29 is 10.2 Å². The highest BCUT2D eigenvalue weighted by atomic mass is 79.9. The molecule has 2 aromatic carbocycles. The average molecular weight is 335 g/mol. The molecule has 0 aliphatic carbocycles. The number of halogens is 1. The minimum Gasteiger partial charge on any atom is -0.508 e. The Hall–Kier alpha value is -1.48. The van der Waals surface area contributed by atoms with Crippen LogP contribution >= 0.6 is 15.9 Å². The Kier molecular flexibility index (Phi) is 5.07. The van der Waals surface area contributed by atoms with Gasteiger partial charge in [0.1, 0.15) is 11.5 Å². The van der Waals surface area contributed by atoms with Crippen LogP contribution in [0.1, 0.15) is 36.3 Å². The Bertz CT molecular complexity index is 482. The summed E-state index contributed by atoms with van der Waals surface area (Å²) < 4.78 is 0. The molecule has 2 rings (SSSR count). The van der Waals surface area contributed by atoms with Crippen molar-refractivity contribution in [3.05, 3.63) is 59.7 Å². The fourth-order valence-electron chi connectivity index (χ4n) is 2.62. The third-order valence-corrected chi connectivity index (χ3v) is 4.43. The number of hydrogen-bond donors (Lipinski definition) is 2. The summed E-state index contributed by atoms with van der Waals surface area (Å²) in [6.07, 6.45) is 1.02. The molecule has 0 heterocycles. The van der Waals surface area contributed by atoms with E-state index in [0.29, 0.717) is 23.3 Å². The van der Waals surface area contributed by atoms with E-state index < -0.39 is 0 Å². The van der Waals surface area contributed by atoms with E-state index in [1.165, 1.54) is 11.1 Å². The van der Waals surface area contributed by atoms with E-state index in [1.54, 1.807) is 24.3 Å². The summed E-state index contributed by atoms with van der Waals surface area (Å²) >= 11 is 3.61. The van der Waals surface area contributed by atoms with Gasteiger partial charge in [0.25, 0.3) is 0 Å². The van der Waals surface area contributed by atoms with Gasteiger partial charge in [0.2, 0.25) is 0 Å². The Balaban J connectivity index is 2.32. The summed E-state index contributed by atoms with van der Waals surface area (Å²) in [5, 5.41) is 19.7. The van der Waals surface area contributed by atoms with Gasteiger partial charge in [0, 0.05) is 11.2 Å². The lowest BCUT2D eigenvalue weighted by atomic mass is 9.81. The minimum atomic E-state index is 0.291. The highest BCUT2D eigenvalue weighted by molar-refractivity contribution is 9.09. The Morgan fingerprint density at radius 3 is 1.55 bits per heavy atom. The molecule has 0 aliphatic rings. The third kappa shape index (κ3) is 3.34. The first kappa shape index (κ1) is 14.9. The number of aromatic hydroxyl groups is 2. The second-order valence-electron chi connectivity index (χ2n) is 4.96. The number of phenols is 2. The maximum absolute atomic E-state index is 9.42. The summed E-state index contributed by atoms with van der Waals surface area (Å²) in [7, 11) is 0. The van der Waals surface area contributed by atoms with E-state index in [2.05, 4.69) is 22.9 Å². The van der Waals surface area contributed by atoms with E-state index >= 15 is 0 Å². The average Bonchev–Trinajstić information content (AvgIpc) is 2.47. The van der Waals surface area contributed by atoms with Gasteiger partial charge >= 0.3 is 0 Å². The van der Waals surface area contributed by atoms with Crippen molar-refractivity contribution in [2.45, 2.75) is 25.2 Å². The predicted molar refractivity (Wildman–Crippen MR) is 85.8 cm³/mol. The maximum Gasteiger partial charge on any atom is 0.115 e. The molecule has 2 atom stereocenters. The van der Waals surface area contributed by atoms with Gasteiger partial charge in [-0.3, -0.25) is 0 Å². The third-order valence-electron chi connectivity index (χ3n) is 3.73. The van der Waals surface area contributed by atoms with E-state index in [9.17, 15) is 10.2 Å². The molecule has 0 spiro atoms. The molecule has 0 aliphatic heterocycles. The highest BCUT2D eigenvalue weighted by Gasteiger charge is 2.22. The van der Waals surface area contributed by atoms with Crippen molar-refractivity contribution in [2.75, 3.05) is 5.33 Å². The molecule has 0 fully saturated rings. The number of alkyl halides is 1. The van der Waals surface area contributed by atoms with Crippen LogP contribution in [-0.2, 0) is 0 Å². The normalized spacial score (nSPS) is 13.9. The number of benzene rings is 2. The van der Waals surface area contributed by atoms with Crippen molar-refractivity contribution >= 4 is 15.9 Å². The summed E-state index contributed by atoms with van der Waals surface area (Å²) in [5.41, 5.74) is 2.43. The lowest BCUT2D eigenvalue weighted by molar-refractivity contribution is 0.472. The molecule has 3 heteroatoms. The maximum atomic E-state index is 9.42. The second-order valence-corrected chi connectivity index (χ2v) is 5.61. The van der Waals surface area contributed by atoms with Crippen LogP contribution in [0.3, 0.4) is 0 Å². The van der Waals surface area contributed by atoms with Crippen LogP contribution in [-0.4, -0.2) is 15.5 Å². The SMILES string of the molecule is CCC(c1ccc(O)cc1)C(CBr)c1ccc(O)cc1. The van der Waals surface area contributed by atoms with Crippen LogP contribution in [0, 0.1) is 0 Å². The standard InChI is InChI=1S/C17H19BrO2/c1-2-16(12-3-7-14(19)8-4-12)17(11-18)13-5-9-15(20)10-6-13/h3-10,16-17,19-20H,2,11H2,1H3. The first-order valence-electron chi connectivity index (χ1n) is 6.79. The molecule has 2 nitrogen and oxygen atoms in total. The summed E-state index contributed by atoms with van der Waals surface area (Å²) in [5.74, 6) is 1.30. The lowest BCUT2D eigenvalue weighted by Gasteiger charge is -2.25. The molecule has 20 heavy (non-hydrogen) atoms. The molecule has 0 saturated heterocycles. The molecular weight excluding hydrogens is 316 g/mol. The summed E-state index contributed by atoms with van der Waals surface area (Å²) in [4.78, 5) is 0. The predicted octanol–water partition coefficient (Wildman–Crippen LogP) is 4.77. The zero-order chi connectivity index (χ0) is 14.5. The van der Waals surface area contributed by atoms with Crippen LogP contribution in [0.25, 0.3) is 0 Å². The van der Waals surface area contributed by atoms with Gasteiger partial charge in [-0.1, -0.05) is 47.1 Å². The monoisotopic (exact) mass is 334 g/mol. The quantitative estimate of drug-likeness (QED) is 0.773. The molecule has 0 amide bonds. The minimum absolute atomic E-state index is 0.291. The molecule has 0 aromatic heterocycles. The Morgan fingerprint density at radius 2 is 1.20 bits per heavy atom. The first-order valence-corrected chi connectivity index (χ1v) is 7.91. The van der Waals surface area contributed by atoms with Gasteiger partial charge in [0.05, 0.1) is 0 Å². The van der Waals surface area contributed by atoms with Gasteiger partial charge in [-0.05, 0) is 47.7 Å². The van der Waals surface area contributed by atoms with Crippen LogP contribution in [0.4, 0.5) is 0 Å². The number of hydrogen-bond acceptors (Lipinski definition) is 2. The van der Waals surface area contributed by atoms with E-state index in [1.807, 2.05) is 24.3 Å². The molecule has 2 unspecified atom stereocenters. The molecular formula is C17H19BrO2. The van der Waals surface area contributed by atoms with Gasteiger partial charge in [-0.2, -0.15) is 0 Å². The van der Waals surface area contributed by atoms with Gasteiger partial charge in [0.15, 0.2) is 0 Å². The summed E-state index contributed by atoms with van der Waals surface area (Å²) in [6.45, 7) is 2.17. The first-order chi connectivity index (χ1) is 9.65. The van der Waals surface area contributed by atoms with Crippen LogP contribution in [0.2, 0.25) is 0 Å². The van der Waals surface area contributed by atoms with E-state index in [4.69, 9.17) is 0 Å². The fraction of sp³-hybridized carbons (Fsp3) is 0.294. The number of phenolic OH excluding ortho intramolecular Hbond substituents is 2. The van der Waals surface area contributed by atoms with Crippen molar-refractivity contribution in [1.29, 1.82) is 0 Å². The zero-order valence-electron chi connectivity index (χ0n) is 11.5. The molecule has 2 aromatic rings. The van der Waals surface area contributed by atoms with Gasteiger partial charge in [-0.15, -0.1) is 0 Å². The van der Waals surface area contributed by atoms with Crippen molar-refractivity contribution in [3.8, 4) is 11.5 Å². The molecule has 106 valence electrons. The topological polar surface area (TPSA) is 40.5 Å². The molecule has 2 N–H and O–H groups in total.